The fourth-order valence-electron chi connectivity index (χ4n) is 4.46. The van der Waals surface area contributed by atoms with Crippen molar-refractivity contribution in [3.05, 3.63) is 113 Å². The fourth-order valence-corrected chi connectivity index (χ4v) is 4.67. The third-order valence-electron chi connectivity index (χ3n) is 6.41. The molecule has 0 aliphatic heterocycles. The monoisotopic (exact) mass is 521 g/mol. The topological polar surface area (TPSA) is 87.4 Å². The minimum atomic E-state index is -0.526. The molecule has 0 fully saturated rings. The Hall–Kier alpha value is -4.49. The number of amides is 1. The van der Waals surface area contributed by atoms with Crippen molar-refractivity contribution in [3.8, 4) is 17.2 Å². The maximum absolute atomic E-state index is 13.4. The molecule has 0 atom stereocenters. The number of benzene rings is 4. The maximum Gasteiger partial charge on any atom is 0.238 e. The Morgan fingerprint density at radius 3 is 2.26 bits per heavy atom. The molecular formula is C31H27N3O3S. The standard InChI is InChI=1S/C31H27N3O3S/c1-3-20-14-15-26-25(17-20)33-30(37-26)24-18-23(16-19(2)28(24)35)32-31(38)34-29(36)27(21-10-6-4-7-11-21)22-12-8-5-9-13-22/h4-18,27,35H,3H2,1-2H3,(H2,32,34,36,38). The molecule has 190 valence electrons. The minimum absolute atomic E-state index is 0.0704. The number of hydrogen-bond donors (Lipinski definition) is 3. The van der Waals surface area contributed by atoms with Gasteiger partial charge in [0.15, 0.2) is 10.7 Å². The Morgan fingerprint density at radius 2 is 1.63 bits per heavy atom. The second-order valence-corrected chi connectivity index (χ2v) is 9.47. The first-order chi connectivity index (χ1) is 18.4. The molecule has 7 heteroatoms. The third kappa shape index (κ3) is 5.28. The highest BCUT2D eigenvalue weighted by molar-refractivity contribution is 7.80. The summed E-state index contributed by atoms with van der Waals surface area (Å²) < 4.78 is 5.94. The number of thiocarbonyl (C=S) groups is 1. The Labute approximate surface area is 226 Å². The molecule has 6 nitrogen and oxygen atoms in total. The van der Waals surface area contributed by atoms with Crippen LogP contribution in [0.1, 0.15) is 35.1 Å². The molecule has 0 aliphatic carbocycles. The van der Waals surface area contributed by atoms with E-state index in [0.717, 1.165) is 28.6 Å². The average Bonchev–Trinajstić information content (AvgIpc) is 3.35. The number of hydrogen-bond acceptors (Lipinski definition) is 5. The van der Waals surface area contributed by atoms with Gasteiger partial charge in [-0.3, -0.25) is 4.79 Å². The van der Waals surface area contributed by atoms with Crippen LogP contribution < -0.4 is 10.6 Å². The number of nitrogens with one attached hydrogen (secondary N) is 2. The van der Waals surface area contributed by atoms with Gasteiger partial charge in [0.05, 0.1) is 11.5 Å². The van der Waals surface area contributed by atoms with E-state index in [2.05, 4.69) is 22.5 Å². The zero-order valence-electron chi connectivity index (χ0n) is 21.1. The van der Waals surface area contributed by atoms with Crippen molar-refractivity contribution in [2.75, 3.05) is 5.32 Å². The lowest BCUT2D eigenvalue weighted by atomic mass is 9.90. The first-order valence-corrected chi connectivity index (χ1v) is 12.8. The minimum Gasteiger partial charge on any atom is -0.507 e. The first-order valence-electron chi connectivity index (χ1n) is 12.4. The Morgan fingerprint density at radius 1 is 0.974 bits per heavy atom. The van der Waals surface area contributed by atoms with Gasteiger partial charge in [-0.25, -0.2) is 4.98 Å². The number of phenolic OH excluding ortho intramolecular Hbond substituents is 1. The van der Waals surface area contributed by atoms with E-state index in [1.54, 1.807) is 19.1 Å². The Balaban J connectivity index is 1.39. The SMILES string of the molecule is CCc1ccc2oc(-c3cc(NC(=S)NC(=O)C(c4ccccc4)c4ccccc4)cc(C)c3O)nc2c1. The molecular weight excluding hydrogens is 494 g/mol. The Bertz CT molecular complexity index is 1570. The molecule has 0 aliphatic rings. The van der Waals surface area contributed by atoms with Crippen molar-refractivity contribution < 1.29 is 14.3 Å². The van der Waals surface area contributed by atoms with Gasteiger partial charge in [-0.2, -0.15) is 0 Å². The van der Waals surface area contributed by atoms with E-state index in [4.69, 9.17) is 16.6 Å². The summed E-state index contributed by atoms with van der Waals surface area (Å²) in [7, 11) is 0. The van der Waals surface area contributed by atoms with Crippen LogP contribution in [0.15, 0.2) is 95.4 Å². The number of aromatic nitrogens is 1. The first kappa shape index (κ1) is 25.2. The number of nitrogens with zero attached hydrogens (tertiary/aromatic N) is 1. The van der Waals surface area contributed by atoms with Crippen molar-refractivity contribution in [1.82, 2.24) is 10.3 Å². The largest absolute Gasteiger partial charge is 0.507 e. The third-order valence-corrected chi connectivity index (χ3v) is 6.62. The number of oxazole rings is 1. The van der Waals surface area contributed by atoms with E-state index in [9.17, 15) is 9.90 Å². The van der Waals surface area contributed by atoms with Crippen molar-refractivity contribution in [1.29, 1.82) is 0 Å². The number of anilines is 1. The molecule has 0 spiro atoms. The predicted molar refractivity (Wildman–Crippen MR) is 154 cm³/mol. The normalized spacial score (nSPS) is 11.0. The number of rotatable bonds is 6. The molecule has 1 amide bonds. The lowest BCUT2D eigenvalue weighted by molar-refractivity contribution is -0.120. The molecule has 0 saturated heterocycles. The molecule has 38 heavy (non-hydrogen) atoms. The molecule has 0 radical (unpaired) electrons. The fraction of sp³-hybridized carbons (Fsp3) is 0.129. The molecule has 1 heterocycles. The van der Waals surface area contributed by atoms with E-state index in [-0.39, 0.29) is 16.8 Å². The Kier molecular flexibility index (Phi) is 7.20. The zero-order chi connectivity index (χ0) is 26.6. The maximum atomic E-state index is 13.4. The van der Waals surface area contributed by atoms with Crippen LogP contribution in [-0.4, -0.2) is 21.1 Å². The second kappa shape index (κ2) is 10.9. The molecule has 0 saturated carbocycles. The van der Waals surface area contributed by atoms with Gasteiger partial charge in [0.1, 0.15) is 11.3 Å². The smallest absolute Gasteiger partial charge is 0.238 e. The number of carbonyl (C=O) groups is 1. The number of phenols is 1. The quantitative estimate of drug-likeness (QED) is 0.170. The second-order valence-electron chi connectivity index (χ2n) is 9.06. The van der Waals surface area contributed by atoms with Crippen LogP contribution in [0.2, 0.25) is 0 Å². The van der Waals surface area contributed by atoms with Crippen LogP contribution in [0, 0.1) is 6.92 Å². The van der Waals surface area contributed by atoms with Crippen molar-refractivity contribution in [3.63, 3.8) is 0 Å². The van der Waals surface area contributed by atoms with Gasteiger partial charge in [0, 0.05) is 5.69 Å². The lowest BCUT2D eigenvalue weighted by Gasteiger charge is -2.19. The van der Waals surface area contributed by atoms with Crippen LogP contribution in [0.3, 0.4) is 0 Å². The summed E-state index contributed by atoms with van der Waals surface area (Å²) >= 11 is 5.50. The van der Waals surface area contributed by atoms with E-state index in [1.807, 2.05) is 78.9 Å². The highest BCUT2D eigenvalue weighted by atomic mass is 32.1. The highest BCUT2D eigenvalue weighted by Gasteiger charge is 2.24. The molecule has 3 N–H and O–H groups in total. The van der Waals surface area contributed by atoms with Crippen LogP contribution in [-0.2, 0) is 11.2 Å². The van der Waals surface area contributed by atoms with Gasteiger partial charge in [0.2, 0.25) is 11.8 Å². The van der Waals surface area contributed by atoms with Gasteiger partial charge >= 0.3 is 0 Å². The van der Waals surface area contributed by atoms with E-state index in [0.29, 0.717) is 28.3 Å². The van der Waals surface area contributed by atoms with Crippen molar-refractivity contribution in [2.45, 2.75) is 26.2 Å². The van der Waals surface area contributed by atoms with Crippen LogP contribution in [0.25, 0.3) is 22.6 Å². The summed E-state index contributed by atoms with van der Waals surface area (Å²) in [5, 5.41) is 16.8. The van der Waals surface area contributed by atoms with Crippen LogP contribution in [0.4, 0.5) is 5.69 Å². The van der Waals surface area contributed by atoms with Gasteiger partial charge in [-0.05, 0) is 72.1 Å². The zero-order valence-corrected chi connectivity index (χ0v) is 21.9. The summed E-state index contributed by atoms with van der Waals surface area (Å²) in [6, 6.07) is 28.5. The predicted octanol–water partition coefficient (Wildman–Crippen LogP) is 6.72. The molecule has 1 aromatic heterocycles. The summed E-state index contributed by atoms with van der Waals surface area (Å²) in [6.45, 7) is 3.86. The van der Waals surface area contributed by atoms with Crippen molar-refractivity contribution >= 4 is 40.0 Å². The number of fused-ring (bicyclic) bond motifs is 1. The average molecular weight is 522 g/mol. The summed E-state index contributed by atoms with van der Waals surface area (Å²) in [4.78, 5) is 18.0. The van der Waals surface area contributed by atoms with E-state index in [1.165, 1.54) is 0 Å². The van der Waals surface area contributed by atoms with Gasteiger partial charge < -0.3 is 20.2 Å². The molecule has 5 rings (SSSR count). The number of aryl methyl sites for hydroxylation is 2. The number of carbonyl (C=O) groups excluding carboxylic acids is 1. The highest BCUT2D eigenvalue weighted by Crippen LogP contribution is 2.36. The van der Waals surface area contributed by atoms with E-state index < -0.39 is 5.92 Å². The summed E-state index contributed by atoms with van der Waals surface area (Å²) in [5.41, 5.74) is 5.89. The van der Waals surface area contributed by atoms with Crippen LogP contribution in [0.5, 0.6) is 5.75 Å². The molecule has 4 aromatic carbocycles. The lowest BCUT2D eigenvalue weighted by Crippen LogP contribution is -2.37. The molecule has 5 aromatic rings. The molecule has 0 unspecified atom stereocenters. The van der Waals surface area contributed by atoms with Gasteiger partial charge in [-0.1, -0.05) is 73.7 Å². The van der Waals surface area contributed by atoms with E-state index >= 15 is 0 Å². The summed E-state index contributed by atoms with van der Waals surface area (Å²) in [6.07, 6.45) is 0.889. The number of aromatic hydroxyl groups is 1. The summed E-state index contributed by atoms with van der Waals surface area (Å²) in [5.74, 6) is -0.398. The van der Waals surface area contributed by atoms with Gasteiger partial charge in [-0.15, -0.1) is 0 Å². The van der Waals surface area contributed by atoms with Gasteiger partial charge in [0.25, 0.3) is 0 Å². The van der Waals surface area contributed by atoms with Crippen molar-refractivity contribution in [2.24, 2.45) is 0 Å². The molecule has 0 bridgehead atoms. The van der Waals surface area contributed by atoms with Crippen LogP contribution >= 0.6 is 12.2 Å².